The zero-order valence-electron chi connectivity index (χ0n) is 16.9. The van der Waals surface area contributed by atoms with Crippen molar-refractivity contribution in [1.29, 1.82) is 0 Å². The molecule has 2 amide bonds. The Kier molecular flexibility index (Phi) is 8.38. The second-order valence-corrected chi connectivity index (χ2v) is 7.35. The molecule has 0 aromatic carbocycles. The number of carboxylic acid groups (broad SMARTS) is 1. The number of aliphatic carboxylic acids is 1. The molecule has 152 valence electrons. The van der Waals surface area contributed by atoms with E-state index >= 15 is 0 Å². The zero-order chi connectivity index (χ0) is 20.3. The molecule has 0 spiro atoms. The van der Waals surface area contributed by atoms with Gasteiger partial charge in [0.2, 0.25) is 11.9 Å². The van der Waals surface area contributed by atoms with Gasteiger partial charge in [-0.3, -0.25) is 9.59 Å². The number of epoxide rings is 1. The van der Waals surface area contributed by atoms with E-state index in [1.54, 1.807) is 23.4 Å². The number of ether oxygens (including phenoxy) is 1. The van der Waals surface area contributed by atoms with Crippen LogP contribution in [0.15, 0.2) is 18.5 Å². The second-order valence-electron chi connectivity index (χ2n) is 7.35. The topological polar surface area (TPSA) is 131 Å². The number of nitrogens with one attached hydrogen (secondary N) is 1. The molecule has 3 heterocycles. The molecule has 1 unspecified atom stereocenters. The van der Waals surface area contributed by atoms with Crippen LogP contribution in [-0.2, 0) is 19.1 Å². The van der Waals surface area contributed by atoms with E-state index in [0.717, 1.165) is 0 Å². The van der Waals surface area contributed by atoms with E-state index in [2.05, 4.69) is 15.3 Å². The molecular weight excluding hydrogens is 389 g/mol. The van der Waals surface area contributed by atoms with Crippen LogP contribution in [0.3, 0.4) is 0 Å². The Morgan fingerprint density at radius 2 is 1.79 bits per heavy atom. The quantitative estimate of drug-likeness (QED) is 0.348. The minimum absolute atomic E-state index is 0. The Hall–Kier alpha value is -1.75. The third-order valence-electron chi connectivity index (χ3n) is 4.73. The summed E-state index contributed by atoms with van der Waals surface area (Å²) in [4.78, 5) is 48.1. The fourth-order valence-corrected chi connectivity index (χ4v) is 3.24. The molecule has 3 rings (SSSR count). The van der Waals surface area contributed by atoms with Crippen molar-refractivity contribution in [2.24, 2.45) is 5.92 Å². The minimum Gasteiger partial charge on any atom is -0.547 e. The van der Waals surface area contributed by atoms with Gasteiger partial charge in [-0.15, -0.1) is 0 Å². The Morgan fingerprint density at radius 3 is 2.31 bits per heavy atom. The van der Waals surface area contributed by atoms with E-state index in [1.807, 2.05) is 18.7 Å². The number of rotatable bonds is 7. The summed E-state index contributed by atoms with van der Waals surface area (Å²) in [5.74, 6) is -1.40. The number of carboxylic acids is 1. The molecule has 11 heteroatoms. The van der Waals surface area contributed by atoms with Gasteiger partial charge in [0, 0.05) is 38.6 Å². The van der Waals surface area contributed by atoms with Gasteiger partial charge in [0.05, 0.1) is 5.97 Å². The second kappa shape index (κ2) is 10.3. The zero-order valence-corrected chi connectivity index (χ0v) is 18.9. The number of piperazine rings is 1. The van der Waals surface area contributed by atoms with Gasteiger partial charge in [0.1, 0.15) is 12.1 Å². The number of carbonyl (C=O) groups excluding carboxylic acids is 3. The predicted molar refractivity (Wildman–Crippen MR) is 95.9 cm³/mol. The smallest absolute Gasteiger partial charge is 0.547 e. The maximum atomic E-state index is 13.0. The molecule has 0 bridgehead atoms. The fourth-order valence-electron chi connectivity index (χ4n) is 3.24. The van der Waals surface area contributed by atoms with Gasteiger partial charge in [-0.05, 0) is 18.4 Å². The van der Waals surface area contributed by atoms with Crippen LogP contribution >= 0.6 is 0 Å². The summed E-state index contributed by atoms with van der Waals surface area (Å²) in [5, 5.41) is 13.4. The van der Waals surface area contributed by atoms with E-state index in [0.29, 0.717) is 38.5 Å². The maximum Gasteiger partial charge on any atom is 1.00 e. The molecule has 3 atom stereocenters. The SMILES string of the molecule is CC(C)CC(NC(=O)[C@H]1O[C@@H]1C(=O)[O-])C(=O)N1CCN(c2ncccn2)CC1.[Na+]. The molecule has 10 nitrogen and oxygen atoms in total. The number of amides is 2. The molecular formula is C18H24N5NaO5. The first-order valence-electron chi connectivity index (χ1n) is 9.34. The van der Waals surface area contributed by atoms with Gasteiger partial charge in [-0.1, -0.05) is 13.8 Å². The van der Waals surface area contributed by atoms with Crippen LogP contribution in [-0.4, -0.2) is 77.1 Å². The van der Waals surface area contributed by atoms with E-state index in [4.69, 9.17) is 4.74 Å². The number of hydrogen-bond donors (Lipinski definition) is 1. The van der Waals surface area contributed by atoms with Crippen molar-refractivity contribution in [3.05, 3.63) is 18.5 Å². The van der Waals surface area contributed by atoms with Crippen molar-refractivity contribution in [2.75, 3.05) is 31.1 Å². The minimum atomic E-state index is -1.42. The van der Waals surface area contributed by atoms with Crippen molar-refractivity contribution in [2.45, 2.75) is 38.5 Å². The first kappa shape index (κ1) is 23.5. The van der Waals surface area contributed by atoms with Crippen LogP contribution in [0, 0.1) is 5.92 Å². The Bertz CT molecular complexity index is 727. The van der Waals surface area contributed by atoms with Crippen molar-refractivity contribution >= 4 is 23.7 Å². The molecule has 1 aromatic rings. The molecule has 0 aliphatic carbocycles. The first-order chi connectivity index (χ1) is 13.4. The number of nitrogens with zero attached hydrogens (tertiary/aromatic N) is 4. The molecule has 1 aromatic heterocycles. The number of aromatic nitrogens is 2. The van der Waals surface area contributed by atoms with E-state index < -0.39 is 30.1 Å². The van der Waals surface area contributed by atoms with Gasteiger partial charge >= 0.3 is 29.6 Å². The van der Waals surface area contributed by atoms with Gasteiger partial charge in [0.25, 0.3) is 5.91 Å². The molecule has 2 aliphatic rings. The summed E-state index contributed by atoms with van der Waals surface area (Å²) in [6.45, 7) is 6.07. The average Bonchev–Trinajstić information content (AvgIpc) is 3.49. The standard InChI is InChI=1S/C18H25N5O5.Na/c1-11(2)10-12(21-15(24)13-14(28-13)17(26)27)16(25)22-6-8-23(9-7-22)18-19-4-3-5-20-18;/h3-5,11-14H,6-10H2,1-2H3,(H,21,24)(H,26,27);/q;+1/p-1/t12?,13-,14-;/m0./s1. The first-order valence-corrected chi connectivity index (χ1v) is 9.34. The molecule has 2 saturated heterocycles. The molecule has 2 aliphatic heterocycles. The normalized spacial score (nSPS) is 21.9. The summed E-state index contributed by atoms with van der Waals surface area (Å²) < 4.78 is 4.81. The summed E-state index contributed by atoms with van der Waals surface area (Å²) in [6, 6.07) is 1.02. The van der Waals surface area contributed by atoms with Crippen LogP contribution in [0.2, 0.25) is 0 Å². The Labute approximate surface area is 191 Å². The third kappa shape index (κ3) is 6.11. The molecule has 0 radical (unpaired) electrons. The van der Waals surface area contributed by atoms with Crippen LogP contribution < -0.4 is 44.9 Å². The van der Waals surface area contributed by atoms with Crippen LogP contribution in [0.4, 0.5) is 5.95 Å². The van der Waals surface area contributed by atoms with Crippen LogP contribution in [0.5, 0.6) is 0 Å². The van der Waals surface area contributed by atoms with Crippen molar-refractivity contribution in [1.82, 2.24) is 20.2 Å². The maximum absolute atomic E-state index is 13.0. The largest absolute Gasteiger partial charge is 1.00 e. The Morgan fingerprint density at radius 1 is 1.17 bits per heavy atom. The number of carbonyl (C=O) groups is 3. The molecule has 29 heavy (non-hydrogen) atoms. The van der Waals surface area contributed by atoms with E-state index in [1.165, 1.54) is 0 Å². The van der Waals surface area contributed by atoms with Crippen LogP contribution in [0.1, 0.15) is 20.3 Å². The molecule has 2 fully saturated rings. The summed E-state index contributed by atoms with van der Waals surface area (Å²) >= 11 is 0. The molecule has 1 N–H and O–H groups in total. The monoisotopic (exact) mass is 413 g/mol. The third-order valence-corrected chi connectivity index (χ3v) is 4.73. The molecule has 0 saturated carbocycles. The van der Waals surface area contributed by atoms with E-state index in [-0.39, 0.29) is 41.4 Å². The summed E-state index contributed by atoms with van der Waals surface area (Å²) in [7, 11) is 0. The van der Waals surface area contributed by atoms with Crippen LogP contribution in [0.25, 0.3) is 0 Å². The van der Waals surface area contributed by atoms with Crippen molar-refractivity contribution in [3.63, 3.8) is 0 Å². The summed E-state index contributed by atoms with van der Waals surface area (Å²) in [6.07, 6.45) is 1.49. The van der Waals surface area contributed by atoms with Gasteiger partial charge in [-0.2, -0.15) is 0 Å². The van der Waals surface area contributed by atoms with Gasteiger partial charge in [-0.25, -0.2) is 9.97 Å². The van der Waals surface area contributed by atoms with Gasteiger partial charge < -0.3 is 29.8 Å². The van der Waals surface area contributed by atoms with E-state index in [9.17, 15) is 19.5 Å². The number of anilines is 1. The predicted octanol–water partition coefficient (Wildman–Crippen LogP) is -4.82. The Balaban J connectivity index is 0.00000300. The van der Waals surface area contributed by atoms with Crippen molar-refractivity contribution in [3.8, 4) is 0 Å². The van der Waals surface area contributed by atoms with Crippen molar-refractivity contribution < 1.29 is 53.8 Å². The average molecular weight is 413 g/mol. The summed E-state index contributed by atoms with van der Waals surface area (Å²) in [5.41, 5.74) is 0. The van der Waals surface area contributed by atoms with Gasteiger partial charge in [0.15, 0.2) is 6.10 Å². The fraction of sp³-hybridized carbons (Fsp3) is 0.611. The number of hydrogen-bond acceptors (Lipinski definition) is 8.